The van der Waals surface area contributed by atoms with E-state index in [4.69, 9.17) is 28.4 Å². The first-order valence-corrected chi connectivity index (χ1v) is 29.4. The van der Waals surface area contributed by atoms with Gasteiger partial charge in [-0.15, -0.1) is 0 Å². The van der Waals surface area contributed by atoms with Gasteiger partial charge in [0.05, 0.1) is 16.7 Å². The van der Waals surface area contributed by atoms with Crippen molar-refractivity contribution >= 4 is 23.6 Å². The molecule has 0 aliphatic heterocycles. The number of amides is 4. The van der Waals surface area contributed by atoms with Gasteiger partial charge in [0, 0.05) is 19.6 Å². The lowest BCUT2D eigenvalue weighted by Crippen LogP contribution is -2.47. The minimum Gasteiger partial charge on any atom is -0.485 e. The van der Waals surface area contributed by atoms with Gasteiger partial charge in [-0.25, -0.2) is 0 Å². The number of benzene rings is 9. The molecule has 0 saturated carbocycles. The molecule has 9 aromatic rings. The summed E-state index contributed by atoms with van der Waals surface area (Å²) in [5.41, 5.74) is 6.48. The monoisotopic (exact) mass is 1160 g/mol. The molecule has 0 unspecified atom stereocenters. The van der Waals surface area contributed by atoms with Gasteiger partial charge in [0.25, 0.3) is 17.7 Å². The predicted octanol–water partition coefficient (Wildman–Crippen LogP) is 13.2. The molecule has 87 heavy (non-hydrogen) atoms. The highest BCUT2D eigenvalue weighted by molar-refractivity contribution is 6.01. The lowest BCUT2D eigenvalue weighted by Gasteiger charge is -2.21. The molecule has 0 bridgehead atoms. The Balaban J connectivity index is 0.851. The predicted molar refractivity (Wildman–Crippen MR) is 336 cm³/mol. The maximum atomic E-state index is 14.6. The molecule has 444 valence electrons. The van der Waals surface area contributed by atoms with E-state index in [9.17, 15) is 19.2 Å². The molecule has 14 heteroatoms. The number of para-hydroxylation sites is 3. The van der Waals surface area contributed by atoms with Crippen LogP contribution in [0.5, 0.6) is 34.5 Å². The fraction of sp³-hybridized carbons (Fsp3) is 0.205. The number of carbonyl (C=O) groups is 4. The molecule has 14 nitrogen and oxygen atoms in total. The second-order valence-corrected chi connectivity index (χ2v) is 20.6. The highest BCUT2D eigenvalue weighted by atomic mass is 16.5. The van der Waals surface area contributed by atoms with E-state index < -0.39 is 11.9 Å². The molecule has 4 N–H and O–H groups in total. The molecular formula is C73H72N4O10. The second kappa shape index (κ2) is 33.2. The van der Waals surface area contributed by atoms with Crippen LogP contribution in [-0.4, -0.2) is 49.3 Å². The maximum absolute atomic E-state index is 14.6. The summed E-state index contributed by atoms with van der Waals surface area (Å²) < 4.78 is 37.8. The highest BCUT2D eigenvalue weighted by Gasteiger charge is 2.26. The Morgan fingerprint density at radius 3 is 0.885 bits per heavy atom. The van der Waals surface area contributed by atoms with Crippen LogP contribution in [0.4, 0.5) is 0 Å². The first kappa shape index (κ1) is 61.2. The van der Waals surface area contributed by atoms with Crippen molar-refractivity contribution in [2.24, 2.45) is 0 Å². The normalized spacial score (nSPS) is 11.1. The van der Waals surface area contributed by atoms with Gasteiger partial charge in [-0.05, 0) is 102 Å². The van der Waals surface area contributed by atoms with Gasteiger partial charge in [0.1, 0.15) is 45.7 Å². The van der Waals surface area contributed by atoms with E-state index in [-0.39, 0.29) is 81.6 Å². The van der Waals surface area contributed by atoms with Crippen molar-refractivity contribution in [3.63, 3.8) is 0 Å². The van der Waals surface area contributed by atoms with Crippen molar-refractivity contribution in [2.75, 3.05) is 19.6 Å². The molecule has 9 rings (SSSR count). The van der Waals surface area contributed by atoms with Crippen molar-refractivity contribution in [1.82, 2.24) is 21.3 Å². The summed E-state index contributed by atoms with van der Waals surface area (Å²) in [5, 5.41) is 12.1. The first-order chi connectivity index (χ1) is 42.8. The highest BCUT2D eigenvalue weighted by Crippen LogP contribution is 2.36. The zero-order chi connectivity index (χ0) is 60.1. The fourth-order valence-corrected chi connectivity index (χ4v) is 9.42. The Bertz CT molecular complexity index is 3580. The summed E-state index contributed by atoms with van der Waals surface area (Å²) in [4.78, 5) is 56.7. The standard InChI is InChI=1S/C73H72N4O10/c78-70(60-38-23-42-64(82-48-54-26-7-1-8-27-54)67(60)85-51-57-32-13-4-14-33-57)74-45-20-19-41-63(77-72(80)62-40-25-44-66(84-50-56-30-11-3-12-31-56)69(62)87-53-59-36-17-6-18-37-59)73(81)76-47-22-21-46-75-71(79)61-39-24-43-65(83-49-55-28-9-2-10-29-55)68(61)86-52-58-34-15-5-16-35-58/h1-18,23-40,42-44,63H,19-22,41,45-53H2,(H,74,78)(H,75,79)(H,76,81)(H,77,80)/t63-/m0/s1. The van der Waals surface area contributed by atoms with Gasteiger partial charge in [-0.1, -0.05) is 200 Å². The van der Waals surface area contributed by atoms with Crippen LogP contribution in [0.1, 0.15) is 96.6 Å². The van der Waals surface area contributed by atoms with Gasteiger partial charge >= 0.3 is 0 Å². The van der Waals surface area contributed by atoms with Gasteiger partial charge in [0.2, 0.25) is 5.91 Å². The Morgan fingerprint density at radius 2 is 0.563 bits per heavy atom. The van der Waals surface area contributed by atoms with Crippen LogP contribution in [-0.2, 0) is 44.4 Å². The minimum absolute atomic E-state index is 0.160. The molecule has 0 saturated heterocycles. The largest absolute Gasteiger partial charge is 0.485 e. The second-order valence-electron chi connectivity index (χ2n) is 20.6. The zero-order valence-corrected chi connectivity index (χ0v) is 48.6. The molecule has 0 aliphatic carbocycles. The smallest absolute Gasteiger partial charge is 0.255 e. The third-order valence-corrected chi connectivity index (χ3v) is 14.1. The minimum atomic E-state index is -0.981. The summed E-state index contributed by atoms with van der Waals surface area (Å²) in [5.74, 6) is 0.557. The summed E-state index contributed by atoms with van der Waals surface area (Å²) in [6.45, 7) is 2.26. The van der Waals surface area contributed by atoms with Gasteiger partial charge in [-0.2, -0.15) is 0 Å². The van der Waals surface area contributed by atoms with E-state index in [1.807, 2.05) is 182 Å². The molecule has 1 atom stereocenters. The van der Waals surface area contributed by atoms with E-state index in [1.54, 1.807) is 54.6 Å². The molecule has 0 spiro atoms. The summed E-state index contributed by atoms with van der Waals surface area (Å²) in [7, 11) is 0. The summed E-state index contributed by atoms with van der Waals surface area (Å²) in [6, 6.07) is 72.9. The van der Waals surface area contributed by atoms with Crippen molar-refractivity contribution in [2.45, 2.75) is 77.8 Å². The lowest BCUT2D eigenvalue weighted by atomic mass is 10.1. The first-order valence-electron chi connectivity index (χ1n) is 29.4. The number of carbonyl (C=O) groups excluding carboxylic acids is 4. The average Bonchev–Trinajstić information content (AvgIpc) is 3.70. The molecule has 0 fully saturated rings. The van der Waals surface area contributed by atoms with E-state index in [1.165, 1.54) is 0 Å². The Hall–Kier alpha value is -10.3. The zero-order valence-electron chi connectivity index (χ0n) is 48.6. The molecular weight excluding hydrogens is 1090 g/mol. The average molecular weight is 1170 g/mol. The quantitative estimate of drug-likeness (QED) is 0.0290. The van der Waals surface area contributed by atoms with E-state index in [0.29, 0.717) is 78.7 Å². The van der Waals surface area contributed by atoms with Crippen LogP contribution in [0.25, 0.3) is 0 Å². The number of unbranched alkanes of at least 4 members (excludes halogenated alkanes) is 2. The van der Waals surface area contributed by atoms with E-state index in [2.05, 4.69) is 21.3 Å². The SMILES string of the molecule is O=C(NCCCCNC(=O)[C@H](CCCCNC(=O)c1cccc(OCc2ccccc2)c1OCc1ccccc1)NC(=O)c1cccc(OCc2ccccc2)c1OCc1ccccc1)c1cccc(OCc2ccccc2)c1OCc1ccccc1. The summed E-state index contributed by atoms with van der Waals surface area (Å²) in [6.07, 6.45) is 2.22. The van der Waals surface area contributed by atoms with Crippen molar-refractivity contribution in [3.05, 3.63) is 287 Å². The van der Waals surface area contributed by atoms with Crippen LogP contribution < -0.4 is 49.7 Å². The van der Waals surface area contributed by atoms with Crippen LogP contribution in [0, 0.1) is 0 Å². The van der Waals surface area contributed by atoms with Crippen molar-refractivity contribution in [3.8, 4) is 34.5 Å². The molecule has 0 aliphatic rings. The van der Waals surface area contributed by atoms with Crippen LogP contribution in [0.3, 0.4) is 0 Å². The van der Waals surface area contributed by atoms with E-state index >= 15 is 0 Å². The summed E-state index contributed by atoms with van der Waals surface area (Å²) >= 11 is 0. The number of hydrogen-bond donors (Lipinski definition) is 4. The van der Waals surface area contributed by atoms with Crippen LogP contribution >= 0.6 is 0 Å². The van der Waals surface area contributed by atoms with Crippen LogP contribution in [0.15, 0.2) is 237 Å². The van der Waals surface area contributed by atoms with Crippen molar-refractivity contribution < 1.29 is 47.6 Å². The number of nitrogens with one attached hydrogen (secondary N) is 4. The van der Waals surface area contributed by atoms with Gasteiger partial charge < -0.3 is 49.7 Å². The Labute approximate surface area is 508 Å². The topological polar surface area (TPSA) is 172 Å². The number of rotatable bonds is 33. The third-order valence-electron chi connectivity index (χ3n) is 14.1. The molecule has 9 aromatic carbocycles. The van der Waals surface area contributed by atoms with Crippen LogP contribution in [0.2, 0.25) is 0 Å². The van der Waals surface area contributed by atoms with Gasteiger partial charge in [0.15, 0.2) is 34.5 Å². The molecule has 0 radical (unpaired) electrons. The molecule has 4 amide bonds. The Kier molecular flexibility index (Phi) is 23.4. The number of hydrogen-bond acceptors (Lipinski definition) is 10. The lowest BCUT2D eigenvalue weighted by molar-refractivity contribution is -0.123. The molecule has 0 aromatic heterocycles. The van der Waals surface area contributed by atoms with Gasteiger partial charge in [-0.3, -0.25) is 19.2 Å². The fourth-order valence-electron chi connectivity index (χ4n) is 9.42. The molecule has 0 heterocycles. The maximum Gasteiger partial charge on any atom is 0.255 e. The Morgan fingerprint density at radius 1 is 0.287 bits per heavy atom. The number of ether oxygens (including phenoxy) is 6. The van der Waals surface area contributed by atoms with E-state index in [0.717, 1.165) is 33.4 Å². The third kappa shape index (κ3) is 19.1. The van der Waals surface area contributed by atoms with Crippen molar-refractivity contribution in [1.29, 1.82) is 0 Å².